The summed E-state index contributed by atoms with van der Waals surface area (Å²) < 4.78 is 0.960. The quantitative estimate of drug-likeness (QED) is 0.652. The van der Waals surface area contributed by atoms with Gasteiger partial charge < -0.3 is 10.0 Å². The first-order valence-electron chi connectivity index (χ1n) is 8.60. The van der Waals surface area contributed by atoms with Crippen molar-refractivity contribution >= 4 is 27.4 Å². The number of aliphatic hydroxyl groups is 1. The maximum Gasteiger partial charge on any atom is 0.290 e. The number of aliphatic hydroxyl groups excluding tert-OH is 1. The second-order valence-electron chi connectivity index (χ2n) is 6.34. The van der Waals surface area contributed by atoms with Crippen LogP contribution in [0.1, 0.15) is 22.9 Å². The van der Waals surface area contributed by atoms with Crippen LogP contribution in [0.3, 0.4) is 0 Å². The Bertz CT molecular complexity index is 986. The Balaban J connectivity index is 1.81. The minimum atomic E-state index is -0.382. The van der Waals surface area contributed by atoms with Crippen LogP contribution in [0.15, 0.2) is 89.2 Å². The Morgan fingerprint density at radius 3 is 2.33 bits per heavy atom. The van der Waals surface area contributed by atoms with Gasteiger partial charge in [-0.2, -0.15) is 0 Å². The van der Waals surface area contributed by atoms with Gasteiger partial charge in [0.2, 0.25) is 0 Å². The monoisotopic (exact) mass is 420 g/mol. The molecule has 0 saturated heterocycles. The van der Waals surface area contributed by atoms with Crippen LogP contribution in [0.2, 0.25) is 0 Å². The molecule has 0 radical (unpaired) electrons. The molecule has 0 aliphatic carbocycles. The lowest BCUT2D eigenvalue weighted by atomic mass is 9.93. The highest BCUT2D eigenvalue weighted by atomic mass is 79.9. The van der Waals surface area contributed by atoms with E-state index in [0.717, 1.165) is 21.3 Å². The molecule has 0 saturated carbocycles. The van der Waals surface area contributed by atoms with E-state index in [4.69, 9.17) is 0 Å². The van der Waals surface area contributed by atoms with Crippen LogP contribution >= 0.6 is 15.9 Å². The molecule has 0 bridgehead atoms. The SMILES string of the molecule is O=C1C(O)=C(c2ccccc2)C(c2ccc(Br)cc2)N1Cc1ccccn1. The van der Waals surface area contributed by atoms with Crippen molar-refractivity contribution in [1.29, 1.82) is 0 Å². The number of benzene rings is 2. The van der Waals surface area contributed by atoms with Crippen LogP contribution in [0.5, 0.6) is 0 Å². The molecule has 0 spiro atoms. The topological polar surface area (TPSA) is 53.4 Å². The average Bonchev–Trinajstić information content (AvgIpc) is 2.95. The highest BCUT2D eigenvalue weighted by molar-refractivity contribution is 9.10. The standard InChI is InChI=1S/C22H17BrN2O2/c23-17-11-9-16(10-12-17)20-19(15-6-2-1-3-7-15)21(26)22(27)25(20)14-18-8-4-5-13-24-18/h1-13,20,26H,14H2. The van der Waals surface area contributed by atoms with Crippen molar-refractivity contribution < 1.29 is 9.90 Å². The summed E-state index contributed by atoms with van der Waals surface area (Å²) in [4.78, 5) is 18.9. The van der Waals surface area contributed by atoms with Crippen LogP contribution < -0.4 is 0 Å². The zero-order chi connectivity index (χ0) is 18.8. The molecule has 4 rings (SSSR count). The molecule has 1 amide bonds. The second kappa shape index (κ2) is 7.37. The zero-order valence-electron chi connectivity index (χ0n) is 14.4. The van der Waals surface area contributed by atoms with Crippen LogP contribution in [-0.4, -0.2) is 20.9 Å². The molecule has 1 N–H and O–H groups in total. The third-order valence-corrected chi connectivity index (χ3v) is 5.16. The fourth-order valence-electron chi connectivity index (χ4n) is 3.39. The molecule has 2 aromatic carbocycles. The summed E-state index contributed by atoms with van der Waals surface area (Å²) in [5.74, 6) is -0.586. The van der Waals surface area contributed by atoms with Crippen molar-refractivity contribution in [3.8, 4) is 0 Å². The molecule has 1 unspecified atom stereocenters. The van der Waals surface area contributed by atoms with Gasteiger partial charge in [-0.3, -0.25) is 9.78 Å². The summed E-state index contributed by atoms with van der Waals surface area (Å²) in [6.45, 7) is 0.320. The summed E-state index contributed by atoms with van der Waals surface area (Å²) in [7, 11) is 0. The normalized spacial score (nSPS) is 16.9. The first kappa shape index (κ1) is 17.5. The van der Waals surface area contributed by atoms with Crippen LogP contribution in [0.25, 0.3) is 5.57 Å². The van der Waals surface area contributed by atoms with Gasteiger partial charge in [0.1, 0.15) is 0 Å². The number of rotatable bonds is 4. The van der Waals surface area contributed by atoms with Crippen molar-refractivity contribution in [2.45, 2.75) is 12.6 Å². The average molecular weight is 421 g/mol. The predicted octanol–water partition coefficient (Wildman–Crippen LogP) is 4.90. The lowest BCUT2D eigenvalue weighted by Gasteiger charge is -2.27. The second-order valence-corrected chi connectivity index (χ2v) is 7.25. The van der Waals surface area contributed by atoms with Gasteiger partial charge in [0.25, 0.3) is 5.91 Å². The summed E-state index contributed by atoms with van der Waals surface area (Å²) in [6, 6.07) is 22.6. The van der Waals surface area contributed by atoms with Gasteiger partial charge in [-0.25, -0.2) is 0 Å². The van der Waals surface area contributed by atoms with Crippen molar-refractivity contribution in [3.05, 3.63) is 106 Å². The first-order valence-corrected chi connectivity index (χ1v) is 9.39. The van der Waals surface area contributed by atoms with Crippen molar-refractivity contribution in [2.75, 3.05) is 0 Å². The smallest absolute Gasteiger partial charge is 0.290 e. The molecule has 27 heavy (non-hydrogen) atoms. The lowest BCUT2D eigenvalue weighted by Crippen LogP contribution is -2.30. The Labute approximate surface area is 165 Å². The van der Waals surface area contributed by atoms with Gasteiger partial charge in [-0.15, -0.1) is 0 Å². The molecule has 2 heterocycles. The maximum atomic E-state index is 12.9. The fourth-order valence-corrected chi connectivity index (χ4v) is 3.65. The number of hydrogen-bond donors (Lipinski definition) is 1. The third kappa shape index (κ3) is 3.38. The third-order valence-electron chi connectivity index (χ3n) is 4.63. The summed E-state index contributed by atoms with van der Waals surface area (Å²) in [5.41, 5.74) is 3.17. The van der Waals surface area contributed by atoms with E-state index < -0.39 is 0 Å². The Morgan fingerprint density at radius 2 is 1.67 bits per heavy atom. The van der Waals surface area contributed by atoms with Gasteiger partial charge in [-0.1, -0.05) is 64.5 Å². The van der Waals surface area contributed by atoms with E-state index in [2.05, 4.69) is 20.9 Å². The van der Waals surface area contributed by atoms with Crippen LogP contribution in [0.4, 0.5) is 0 Å². The predicted molar refractivity (Wildman–Crippen MR) is 108 cm³/mol. The van der Waals surface area contributed by atoms with Gasteiger partial charge in [0, 0.05) is 16.2 Å². The van der Waals surface area contributed by atoms with Crippen molar-refractivity contribution in [1.82, 2.24) is 9.88 Å². The fraction of sp³-hybridized carbons (Fsp3) is 0.0909. The minimum Gasteiger partial charge on any atom is -0.503 e. The molecule has 5 heteroatoms. The lowest BCUT2D eigenvalue weighted by molar-refractivity contribution is -0.130. The highest BCUT2D eigenvalue weighted by Gasteiger charge is 2.41. The van der Waals surface area contributed by atoms with Crippen LogP contribution in [-0.2, 0) is 11.3 Å². The van der Waals surface area contributed by atoms with E-state index in [0.29, 0.717) is 12.1 Å². The molecule has 134 valence electrons. The van der Waals surface area contributed by atoms with Gasteiger partial charge in [-0.05, 0) is 35.4 Å². The molecular formula is C22H17BrN2O2. The zero-order valence-corrected chi connectivity index (χ0v) is 16.0. The number of amides is 1. The molecule has 1 aliphatic heterocycles. The summed E-state index contributed by atoms with van der Waals surface area (Å²) in [5, 5.41) is 10.7. The molecule has 0 fully saturated rings. The van der Waals surface area contributed by atoms with Crippen LogP contribution in [0, 0.1) is 0 Å². The number of halogens is 1. The van der Waals surface area contributed by atoms with Crippen molar-refractivity contribution in [3.63, 3.8) is 0 Å². The Morgan fingerprint density at radius 1 is 0.963 bits per heavy atom. The Kier molecular flexibility index (Phi) is 4.77. The summed E-state index contributed by atoms with van der Waals surface area (Å²) in [6.07, 6.45) is 1.70. The number of aromatic nitrogens is 1. The number of hydrogen-bond acceptors (Lipinski definition) is 3. The molecule has 1 aliphatic rings. The Hall–Kier alpha value is -2.92. The van der Waals surface area contributed by atoms with Gasteiger partial charge >= 0.3 is 0 Å². The van der Waals surface area contributed by atoms with Gasteiger partial charge in [0.05, 0.1) is 18.3 Å². The summed E-state index contributed by atoms with van der Waals surface area (Å²) >= 11 is 3.45. The molecule has 3 aromatic rings. The molecule has 4 nitrogen and oxygen atoms in total. The van der Waals surface area contributed by atoms with E-state index in [1.165, 1.54) is 0 Å². The number of carbonyl (C=O) groups excluding carboxylic acids is 1. The van der Waals surface area contributed by atoms with E-state index in [1.54, 1.807) is 11.1 Å². The largest absolute Gasteiger partial charge is 0.503 e. The highest BCUT2D eigenvalue weighted by Crippen LogP contribution is 2.43. The van der Waals surface area contributed by atoms with E-state index in [9.17, 15) is 9.90 Å². The number of pyridine rings is 1. The van der Waals surface area contributed by atoms with E-state index in [1.807, 2.05) is 72.8 Å². The van der Waals surface area contributed by atoms with E-state index in [-0.39, 0.29) is 17.7 Å². The molecule has 1 atom stereocenters. The van der Waals surface area contributed by atoms with Gasteiger partial charge in [0.15, 0.2) is 5.76 Å². The maximum absolute atomic E-state index is 12.9. The number of carbonyl (C=O) groups is 1. The number of nitrogens with zero attached hydrogens (tertiary/aromatic N) is 2. The molecule has 1 aromatic heterocycles. The minimum absolute atomic E-state index is 0.204. The van der Waals surface area contributed by atoms with Crippen molar-refractivity contribution in [2.24, 2.45) is 0 Å². The first-order chi connectivity index (χ1) is 13.1. The molecular weight excluding hydrogens is 404 g/mol. The van der Waals surface area contributed by atoms with E-state index >= 15 is 0 Å².